The minimum absolute atomic E-state index is 0.0485. The van der Waals surface area contributed by atoms with Crippen molar-refractivity contribution in [1.29, 1.82) is 0 Å². The zero-order chi connectivity index (χ0) is 14.0. The van der Waals surface area contributed by atoms with Gasteiger partial charge in [-0.1, -0.05) is 42.5 Å². The SMILES string of the molecule is O=C1CCC/C=C\CC(CCOCc2ccccc2)O1. The second kappa shape index (κ2) is 8.54. The van der Waals surface area contributed by atoms with E-state index in [1.165, 1.54) is 5.56 Å². The molecule has 0 saturated carbocycles. The monoisotopic (exact) mass is 274 g/mol. The second-order valence-corrected chi connectivity index (χ2v) is 5.04. The van der Waals surface area contributed by atoms with Crippen LogP contribution in [0.4, 0.5) is 0 Å². The number of carbonyl (C=O) groups is 1. The number of hydrogen-bond donors (Lipinski definition) is 0. The van der Waals surface area contributed by atoms with Crippen molar-refractivity contribution in [1.82, 2.24) is 0 Å². The van der Waals surface area contributed by atoms with Gasteiger partial charge in [-0.3, -0.25) is 4.79 Å². The fraction of sp³-hybridized carbons (Fsp3) is 0.471. The molecule has 0 spiro atoms. The lowest BCUT2D eigenvalue weighted by Gasteiger charge is -2.16. The summed E-state index contributed by atoms with van der Waals surface area (Å²) in [5, 5.41) is 0. The van der Waals surface area contributed by atoms with Crippen LogP contribution in [-0.2, 0) is 20.9 Å². The van der Waals surface area contributed by atoms with Crippen LogP contribution in [0.3, 0.4) is 0 Å². The summed E-state index contributed by atoms with van der Waals surface area (Å²) in [4.78, 5) is 11.6. The largest absolute Gasteiger partial charge is 0.462 e. The molecular weight excluding hydrogens is 252 g/mol. The molecule has 2 rings (SSSR count). The maximum Gasteiger partial charge on any atom is 0.306 e. The average molecular weight is 274 g/mol. The van der Waals surface area contributed by atoms with Gasteiger partial charge in [0, 0.05) is 19.3 Å². The topological polar surface area (TPSA) is 35.5 Å². The summed E-state index contributed by atoms with van der Waals surface area (Å²) in [6.45, 7) is 1.22. The van der Waals surface area contributed by atoms with Gasteiger partial charge in [0.1, 0.15) is 6.10 Å². The van der Waals surface area contributed by atoms with E-state index in [-0.39, 0.29) is 12.1 Å². The van der Waals surface area contributed by atoms with E-state index >= 15 is 0 Å². The molecule has 3 nitrogen and oxygen atoms in total. The van der Waals surface area contributed by atoms with E-state index in [2.05, 4.69) is 12.2 Å². The Morgan fingerprint density at radius 3 is 2.90 bits per heavy atom. The molecule has 1 atom stereocenters. The molecular formula is C17H22O3. The summed E-state index contributed by atoms with van der Waals surface area (Å²) in [7, 11) is 0. The van der Waals surface area contributed by atoms with Crippen LogP contribution in [0.5, 0.6) is 0 Å². The zero-order valence-electron chi connectivity index (χ0n) is 11.8. The average Bonchev–Trinajstić information content (AvgIpc) is 2.57. The van der Waals surface area contributed by atoms with Crippen molar-refractivity contribution in [3.8, 4) is 0 Å². The molecule has 0 amide bonds. The van der Waals surface area contributed by atoms with Gasteiger partial charge in [-0.2, -0.15) is 0 Å². The first-order valence-corrected chi connectivity index (χ1v) is 7.31. The lowest BCUT2D eigenvalue weighted by atomic mass is 10.1. The van der Waals surface area contributed by atoms with Gasteiger partial charge < -0.3 is 9.47 Å². The first-order chi connectivity index (χ1) is 9.84. The summed E-state index contributed by atoms with van der Waals surface area (Å²) >= 11 is 0. The number of rotatable bonds is 5. The van der Waals surface area contributed by atoms with E-state index < -0.39 is 0 Å². The van der Waals surface area contributed by atoms with E-state index in [0.717, 1.165) is 25.7 Å². The number of benzene rings is 1. The number of hydrogen-bond acceptors (Lipinski definition) is 3. The fourth-order valence-corrected chi connectivity index (χ4v) is 2.18. The summed E-state index contributed by atoms with van der Waals surface area (Å²) < 4.78 is 11.1. The van der Waals surface area contributed by atoms with Crippen molar-refractivity contribution in [3.63, 3.8) is 0 Å². The van der Waals surface area contributed by atoms with Gasteiger partial charge in [-0.15, -0.1) is 0 Å². The number of ether oxygens (including phenoxy) is 2. The van der Waals surface area contributed by atoms with Gasteiger partial charge in [0.25, 0.3) is 0 Å². The molecule has 0 bridgehead atoms. The molecule has 0 fully saturated rings. The maximum absolute atomic E-state index is 11.6. The molecule has 1 unspecified atom stereocenters. The Bertz CT molecular complexity index is 425. The van der Waals surface area contributed by atoms with E-state index in [0.29, 0.717) is 19.6 Å². The van der Waals surface area contributed by atoms with Gasteiger partial charge >= 0.3 is 5.97 Å². The molecule has 0 aliphatic carbocycles. The third-order valence-electron chi connectivity index (χ3n) is 3.31. The summed E-state index contributed by atoms with van der Waals surface area (Å²) in [5.41, 5.74) is 1.17. The van der Waals surface area contributed by atoms with Crippen molar-refractivity contribution in [2.24, 2.45) is 0 Å². The molecule has 1 heterocycles. The Morgan fingerprint density at radius 2 is 2.05 bits per heavy atom. The van der Waals surface area contributed by atoms with Crippen LogP contribution < -0.4 is 0 Å². The fourth-order valence-electron chi connectivity index (χ4n) is 2.18. The van der Waals surface area contributed by atoms with Crippen LogP contribution in [0.15, 0.2) is 42.5 Å². The molecule has 0 aromatic heterocycles. The van der Waals surface area contributed by atoms with Gasteiger partial charge in [-0.05, 0) is 18.4 Å². The van der Waals surface area contributed by atoms with Crippen LogP contribution in [0.2, 0.25) is 0 Å². The van der Waals surface area contributed by atoms with E-state index in [1.807, 2.05) is 30.3 Å². The van der Waals surface area contributed by atoms with Crippen molar-refractivity contribution in [3.05, 3.63) is 48.0 Å². The van der Waals surface area contributed by atoms with Crippen LogP contribution >= 0.6 is 0 Å². The molecule has 1 aromatic rings. The van der Waals surface area contributed by atoms with Crippen LogP contribution in [0.1, 0.15) is 37.7 Å². The zero-order valence-corrected chi connectivity index (χ0v) is 11.8. The summed E-state index contributed by atoms with van der Waals surface area (Å²) in [6, 6.07) is 10.1. The Morgan fingerprint density at radius 1 is 1.20 bits per heavy atom. The van der Waals surface area contributed by atoms with E-state index in [4.69, 9.17) is 9.47 Å². The third-order valence-corrected chi connectivity index (χ3v) is 3.31. The van der Waals surface area contributed by atoms with E-state index in [1.54, 1.807) is 0 Å². The lowest BCUT2D eigenvalue weighted by Crippen LogP contribution is -2.19. The second-order valence-electron chi connectivity index (χ2n) is 5.04. The molecule has 3 heteroatoms. The minimum atomic E-state index is -0.0817. The predicted molar refractivity (Wildman–Crippen MR) is 78.2 cm³/mol. The van der Waals surface area contributed by atoms with Crippen LogP contribution in [0.25, 0.3) is 0 Å². The molecule has 0 radical (unpaired) electrons. The van der Waals surface area contributed by atoms with Crippen LogP contribution in [-0.4, -0.2) is 18.7 Å². The standard InChI is InChI=1S/C17H22O3/c18-17-11-7-2-1-6-10-16(20-17)12-13-19-14-15-8-4-3-5-9-15/h1,3-6,8-9,16H,2,7,10-14H2/b6-1-. The van der Waals surface area contributed by atoms with Crippen LogP contribution in [0, 0.1) is 0 Å². The molecule has 0 saturated heterocycles. The number of esters is 1. The molecule has 20 heavy (non-hydrogen) atoms. The highest BCUT2D eigenvalue weighted by Gasteiger charge is 2.14. The highest BCUT2D eigenvalue weighted by atomic mass is 16.5. The van der Waals surface area contributed by atoms with Gasteiger partial charge in [0.15, 0.2) is 0 Å². The molecule has 1 aromatic carbocycles. The summed E-state index contributed by atoms with van der Waals surface area (Å²) in [6.07, 6.45) is 8.11. The molecule has 1 aliphatic heterocycles. The number of carbonyl (C=O) groups excluding carboxylic acids is 1. The molecule has 108 valence electrons. The quantitative estimate of drug-likeness (QED) is 0.467. The first-order valence-electron chi connectivity index (χ1n) is 7.31. The molecule has 1 aliphatic rings. The first kappa shape index (κ1) is 14.8. The van der Waals surface area contributed by atoms with Gasteiger partial charge in [0.2, 0.25) is 0 Å². The third kappa shape index (κ3) is 5.57. The van der Waals surface area contributed by atoms with Gasteiger partial charge in [0.05, 0.1) is 13.2 Å². The van der Waals surface area contributed by atoms with Crippen molar-refractivity contribution < 1.29 is 14.3 Å². The minimum Gasteiger partial charge on any atom is -0.462 e. The highest BCUT2D eigenvalue weighted by molar-refractivity contribution is 5.69. The Balaban J connectivity index is 1.70. The number of cyclic esters (lactones) is 1. The van der Waals surface area contributed by atoms with E-state index in [9.17, 15) is 4.79 Å². The predicted octanol–water partition coefficient (Wildman–Crippen LogP) is 3.64. The number of allylic oxidation sites excluding steroid dienone is 1. The summed E-state index contributed by atoms with van der Waals surface area (Å²) in [5.74, 6) is -0.0817. The Hall–Kier alpha value is -1.61. The smallest absolute Gasteiger partial charge is 0.306 e. The van der Waals surface area contributed by atoms with Crippen molar-refractivity contribution in [2.45, 2.75) is 44.8 Å². The lowest BCUT2D eigenvalue weighted by molar-refractivity contribution is -0.149. The Labute approximate surface area is 120 Å². The maximum atomic E-state index is 11.6. The highest BCUT2D eigenvalue weighted by Crippen LogP contribution is 2.12. The Kier molecular flexibility index (Phi) is 6.32. The molecule has 0 N–H and O–H groups in total. The van der Waals surface area contributed by atoms with Crippen molar-refractivity contribution >= 4 is 5.97 Å². The van der Waals surface area contributed by atoms with Crippen molar-refractivity contribution in [2.75, 3.05) is 6.61 Å². The normalized spacial score (nSPS) is 21.4. The van der Waals surface area contributed by atoms with Gasteiger partial charge in [-0.25, -0.2) is 0 Å².